The Bertz CT molecular complexity index is 405. The number of hydrogen-bond donors (Lipinski definition) is 2. The van der Waals surface area contributed by atoms with Crippen LogP contribution in [0, 0.1) is 6.92 Å². The van der Waals surface area contributed by atoms with Gasteiger partial charge in [-0.1, -0.05) is 13.8 Å². The number of nitrogens with zero attached hydrogens (tertiary/aromatic N) is 1. The highest BCUT2D eigenvalue weighted by atomic mass is 16.5. The monoisotopic (exact) mass is 251 g/mol. The number of aryl methyl sites for hydroxylation is 1. The van der Waals surface area contributed by atoms with Crippen molar-refractivity contribution in [2.75, 3.05) is 6.61 Å². The molecule has 1 aromatic heterocycles. The Morgan fingerprint density at radius 2 is 2.22 bits per heavy atom. The molecule has 100 valence electrons. The van der Waals surface area contributed by atoms with Gasteiger partial charge in [-0.3, -0.25) is 9.78 Å². The molecule has 0 atom stereocenters. The predicted octanol–water partition coefficient (Wildman–Crippen LogP) is 1.14. The second-order valence-corrected chi connectivity index (χ2v) is 4.50. The Kier molecular flexibility index (Phi) is 5.58. The van der Waals surface area contributed by atoms with Gasteiger partial charge in [-0.2, -0.15) is 0 Å². The van der Waals surface area contributed by atoms with E-state index in [1.54, 1.807) is 0 Å². The van der Waals surface area contributed by atoms with Crippen molar-refractivity contribution in [3.8, 4) is 5.75 Å². The van der Waals surface area contributed by atoms with Gasteiger partial charge in [0.1, 0.15) is 5.75 Å². The number of aromatic nitrogens is 1. The van der Waals surface area contributed by atoms with Gasteiger partial charge in [-0.25, -0.2) is 0 Å². The Morgan fingerprint density at radius 3 is 2.83 bits per heavy atom. The van der Waals surface area contributed by atoms with Crippen LogP contribution in [0.4, 0.5) is 0 Å². The fraction of sp³-hybridized carbons (Fsp3) is 0.538. The summed E-state index contributed by atoms with van der Waals surface area (Å²) >= 11 is 0. The molecule has 18 heavy (non-hydrogen) atoms. The highest BCUT2D eigenvalue weighted by Gasteiger charge is 2.07. The molecule has 0 unspecified atom stereocenters. The number of carbonyl (C=O) groups is 1. The Balaban J connectivity index is 2.66. The molecule has 0 spiro atoms. The first-order valence-electron chi connectivity index (χ1n) is 6.10. The van der Waals surface area contributed by atoms with E-state index in [9.17, 15) is 4.79 Å². The Morgan fingerprint density at radius 1 is 1.50 bits per heavy atom. The predicted molar refractivity (Wildman–Crippen MR) is 70.3 cm³/mol. The van der Waals surface area contributed by atoms with Crippen LogP contribution in [0.3, 0.4) is 0 Å². The fourth-order valence-corrected chi connectivity index (χ4v) is 1.42. The van der Waals surface area contributed by atoms with Crippen molar-refractivity contribution in [2.45, 2.75) is 39.8 Å². The second kappa shape index (κ2) is 6.96. The molecule has 1 aromatic rings. The van der Waals surface area contributed by atoms with E-state index in [1.807, 2.05) is 19.1 Å². The number of primary amides is 1. The van der Waals surface area contributed by atoms with Crippen LogP contribution in [0.25, 0.3) is 0 Å². The van der Waals surface area contributed by atoms with E-state index >= 15 is 0 Å². The summed E-state index contributed by atoms with van der Waals surface area (Å²) in [6.07, 6.45) is 0.213. The zero-order valence-electron chi connectivity index (χ0n) is 11.2. The lowest BCUT2D eigenvalue weighted by molar-refractivity contribution is -0.118. The van der Waals surface area contributed by atoms with E-state index in [0.29, 0.717) is 18.3 Å². The standard InChI is InChI=1S/C13H21N3O2/c1-9(2)15-8-11-12(5-4-10(3)16-11)18-7-6-13(14)17/h4-5,9,15H,6-8H2,1-3H3,(H2,14,17). The smallest absolute Gasteiger partial charge is 0.220 e. The lowest BCUT2D eigenvalue weighted by Gasteiger charge is -2.13. The molecule has 0 radical (unpaired) electrons. The summed E-state index contributed by atoms with van der Waals surface area (Å²) in [4.78, 5) is 15.1. The topological polar surface area (TPSA) is 77.2 Å². The number of hydrogen-bond acceptors (Lipinski definition) is 4. The van der Waals surface area contributed by atoms with Gasteiger partial charge in [0.2, 0.25) is 5.91 Å². The summed E-state index contributed by atoms with van der Waals surface area (Å²) in [6, 6.07) is 4.14. The van der Waals surface area contributed by atoms with Crippen molar-refractivity contribution in [1.29, 1.82) is 0 Å². The normalized spacial score (nSPS) is 10.7. The molecule has 0 aliphatic carbocycles. The van der Waals surface area contributed by atoms with Crippen molar-refractivity contribution in [3.63, 3.8) is 0 Å². The average molecular weight is 251 g/mol. The van der Waals surface area contributed by atoms with E-state index in [2.05, 4.69) is 24.1 Å². The van der Waals surface area contributed by atoms with Crippen LogP contribution in [0.15, 0.2) is 12.1 Å². The summed E-state index contributed by atoms with van der Waals surface area (Å²) in [5.41, 5.74) is 6.87. The van der Waals surface area contributed by atoms with E-state index in [-0.39, 0.29) is 18.9 Å². The van der Waals surface area contributed by atoms with Gasteiger partial charge in [0, 0.05) is 18.3 Å². The molecular formula is C13H21N3O2. The minimum absolute atomic E-state index is 0.213. The molecule has 0 saturated carbocycles. The van der Waals surface area contributed by atoms with Crippen molar-refractivity contribution in [3.05, 3.63) is 23.5 Å². The maximum Gasteiger partial charge on any atom is 0.220 e. The molecule has 0 aromatic carbocycles. The molecule has 0 bridgehead atoms. The van der Waals surface area contributed by atoms with Crippen molar-refractivity contribution in [2.24, 2.45) is 5.73 Å². The summed E-state index contributed by atoms with van der Waals surface area (Å²) < 4.78 is 5.53. The SMILES string of the molecule is Cc1ccc(OCCC(N)=O)c(CNC(C)C)n1. The molecule has 0 saturated heterocycles. The minimum atomic E-state index is -0.364. The number of rotatable bonds is 7. The van der Waals surface area contributed by atoms with Crippen LogP contribution in [0.1, 0.15) is 31.7 Å². The van der Waals surface area contributed by atoms with Crippen molar-refractivity contribution in [1.82, 2.24) is 10.3 Å². The van der Waals surface area contributed by atoms with Crippen LogP contribution in [0.2, 0.25) is 0 Å². The number of amides is 1. The number of carbonyl (C=O) groups excluding carboxylic acids is 1. The molecule has 0 aliphatic heterocycles. The van der Waals surface area contributed by atoms with Crippen LogP contribution in [0.5, 0.6) is 5.75 Å². The number of pyridine rings is 1. The van der Waals surface area contributed by atoms with Crippen LogP contribution in [-0.2, 0) is 11.3 Å². The summed E-state index contributed by atoms with van der Waals surface area (Å²) in [7, 11) is 0. The molecule has 1 amide bonds. The maximum absolute atomic E-state index is 10.7. The highest BCUT2D eigenvalue weighted by molar-refractivity contribution is 5.73. The lowest BCUT2D eigenvalue weighted by atomic mass is 10.2. The van der Waals surface area contributed by atoms with E-state index in [0.717, 1.165) is 11.4 Å². The number of ether oxygens (including phenoxy) is 1. The van der Waals surface area contributed by atoms with E-state index < -0.39 is 0 Å². The molecule has 0 aliphatic rings. The van der Waals surface area contributed by atoms with Gasteiger partial charge in [0.25, 0.3) is 0 Å². The molecule has 3 N–H and O–H groups in total. The first-order valence-corrected chi connectivity index (χ1v) is 6.10. The molecular weight excluding hydrogens is 230 g/mol. The van der Waals surface area contributed by atoms with Gasteiger partial charge in [-0.05, 0) is 19.1 Å². The zero-order chi connectivity index (χ0) is 13.5. The van der Waals surface area contributed by atoms with E-state index in [4.69, 9.17) is 10.5 Å². The maximum atomic E-state index is 10.7. The summed E-state index contributed by atoms with van der Waals surface area (Å²) in [5.74, 6) is 0.340. The van der Waals surface area contributed by atoms with Gasteiger partial charge >= 0.3 is 0 Å². The first kappa shape index (κ1) is 14.4. The largest absolute Gasteiger partial charge is 0.491 e. The Labute approximate surface area is 108 Å². The third-order valence-corrected chi connectivity index (χ3v) is 2.36. The fourth-order valence-electron chi connectivity index (χ4n) is 1.42. The zero-order valence-corrected chi connectivity index (χ0v) is 11.2. The van der Waals surface area contributed by atoms with Crippen molar-refractivity contribution >= 4 is 5.91 Å². The van der Waals surface area contributed by atoms with Crippen molar-refractivity contribution < 1.29 is 9.53 Å². The molecule has 1 heterocycles. The van der Waals surface area contributed by atoms with Crippen LogP contribution >= 0.6 is 0 Å². The first-order chi connectivity index (χ1) is 8.49. The average Bonchev–Trinajstić information content (AvgIpc) is 2.28. The number of nitrogens with one attached hydrogen (secondary N) is 1. The Hall–Kier alpha value is -1.62. The quantitative estimate of drug-likeness (QED) is 0.762. The third-order valence-electron chi connectivity index (χ3n) is 2.36. The molecule has 1 rings (SSSR count). The highest BCUT2D eigenvalue weighted by Crippen LogP contribution is 2.17. The van der Waals surface area contributed by atoms with Gasteiger partial charge < -0.3 is 15.8 Å². The van der Waals surface area contributed by atoms with Gasteiger partial charge in [0.05, 0.1) is 18.7 Å². The van der Waals surface area contributed by atoms with E-state index in [1.165, 1.54) is 0 Å². The number of nitrogens with two attached hydrogens (primary N) is 1. The minimum Gasteiger partial charge on any atom is -0.491 e. The second-order valence-electron chi connectivity index (χ2n) is 4.50. The van der Waals surface area contributed by atoms with Crippen LogP contribution < -0.4 is 15.8 Å². The lowest BCUT2D eigenvalue weighted by Crippen LogP contribution is -2.23. The third kappa shape index (κ3) is 5.14. The van der Waals surface area contributed by atoms with Gasteiger partial charge in [0.15, 0.2) is 0 Å². The summed E-state index contributed by atoms with van der Waals surface area (Å²) in [5, 5.41) is 3.29. The van der Waals surface area contributed by atoms with Crippen LogP contribution in [-0.4, -0.2) is 23.5 Å². The molecule has 5 nitrogen and oxygen atoms in total. The summed E-state index contributed by atoms with van der Waals surface area (Å²) in [6.45, 7) is 7.01. The van der Waals surface area contributed by atoms with Gasteiger partial charge in [-0.15, -0.1) is 0 Å². The molecule has 5 heteroatoms. The molecule has 0 fully saturated rings.